The van der Waals surface area contributed by atoms with Crippen LogP contribution in [0.4, 0.5) is 8.78 Å². The Kier molecular flexibility index (Phi) is 2.44. The number of alkyl halides is 2. The van der Waals surface area contributed by atoms with Crippen molar-refractivity contribution in [3.63, 3.8) is 0 Å². The quantitative estimate of drug-likeness (QED) is 0.677. The van der Waals surface area contributed by atoms with Crippen LogP contribution in [0.3, 0.4) is 0 Å². The Labute approximate surface area is 78.7 Å². The summed E-state index contributed by atoms with van der Waals surface area (Å²) < 4.78 is 26.7. The maximum Gasteiger partial charge on any atom is 0.249 e. The van der Waals surface area contributed by atoms with E-state index in [0.29, 0.717) is 6.54 Å². The number of hydrogen-bond donors (Lipinski definition) is 1. The molecule has 1 fully saturated rings. The maximum absolute atomic E-state index is 13.3. The lowest BCUT2D eigenvalue weighted by Gasteiger charge is -2.45. The van der Waals surface area contributed by atoms with Crippen LogP contribution in [-0.4, -0.2) is 12.5 Å². The van der Waals surface area contributed by atoms with Gasteiger partial charge in [0.25, 0.3) is 0 Å². The molecule has 78 valence electrons. The Balaban J connectivity index is 2.84. The first-order chi connectivity index (χ1) is 5.68. The van der Waals surface area contributed by atoms with Gasteiger partial charge in [-0.25, -0.2) is 8.78 Å². The summed E-state index contributed by atoms with van der Waals surface area (Å²) in [6, 6.07) is 0. The number of rotatable bonds is 1. The van der Waals surface area contributed by atoms with Crippen molar-refractivity contribution in [2.75, 3.05) is 6.54 Å². The highest BCUT2D eigenvalue weighted by Gasteiger charge is 2.49. The summed E-state index contributed by atoms with van der Waals surface area (Å²) in [6.07, 6.45) is 0.738. The van der Waals surface area contributed by atoms with Crippen molar-refractivity contribution in [2.24, 2.45) is 16.6 Å². The van der Waals surface area contributed by atoms with Gasteiger partial charge < -0.3 is 5.73 Å². The van der Waals surface area contributed by atoms with E-state index in [1.165, 1.54) is 0 Å². The topological polar surface area (TPSA) is 26.0 Å². The normalized spacial score (nSPS) is 37.4. The lowest BCUT2D eigenvalue weighted by Crippen LogP contribution is -2.45. The van der Waals surface area contributed by atoms with E-state index in [0.717, 1.165) is 6.42 Å². The fourth-order valence-corrected chi connectivity index (χ4v) is 2.81. The van der Waals surface area contributed by atoms with Crippen molar-refractivity contribution in [1.82, 2.24) is 0 Å². The van der Waals surface area contributed by atoms with Crippen molar-refractivity contribution < 1.29 is 8.78 Å². The van der Waals surface area contributed by atoms with Crippen molar-refractivity contribution in [1.29, 1.82) is 0 Å². The maximum atomic E-state index is 13.3. The molecule has 0 bridgehead atoms. The van der Waals surface area contributed by atoms with Gasteiger partial charge in [-0.2, -0.15) is 0 Å². The summed E-state index contributed by atoms with van der Waals surface area (Å²) in [4.78, 5) is 0. The van der Waals surface area contributed by atoms with E-state index in [4.69, 9.17) is 5.73 Å². The number of nitrogens with two attached hydrogens (primary N) is 1. The molecule has 0 aliphatic heterocycles. The van der Waals surface area contributed by atoms with Gasteiger partial charge in [0.1, 0.15) is 0 Å². The van der Waals surface area contributed by atoms with Crippen molar-refractivity contribution in [3.05, 3.63) is 0 Å². The first-order valence-electron chi connectivity index (χ1n) is 4.76. The molecule has 0 spiro atoms. The first kappa shape index (κ1) is 10.9. The van der Waals surface area contributed by atoms with E-state index in [9.17, 15) is 8.78 Å². The van der Waals surface area contributed by atoms with Crippen LogP contribution in [0.15, 0.2) is 0 Å². The molecule has 13 heavy (non-hydrogen) atoms. The summed E-state index contributed by atoms with van der Waals surface area (Å²) in [5.41, 5.74) is 4.88. The van der Waals surface area contributed by atoms with E-state index in [1.54, 1.807) is 0 Å². The molecule has 0 aromatic rings. The molecule has 1 saturated carbocycles. The summed E-state index contributed by atoms with van der Waals surface area (Å²) in [5.74, 6) is -2.53. The van der Waals surface area contributed by atoms with Crippen LogP contribution in [0, 0.1) is 10.8 Å². The zero-order valence-electron chi connectivity index (χ0n) is 8.66. The Morgan fingerprint density at radius 2 is 1.62 bits per heavy atom. The smallest absolute Gasteiger partial charge is 0.249 e. The zero-order valence-corrected chi connectivity index (χ0v) is 8.66. The highest BCUT2D eigenvalue weighted by atomic mass is 19.3. The van der Waals surface area contributed by atoms with E-state index >= 15 is 0 Å². The van der Waals surface area contributed by atoms with Gasteiger partial charge in [0.2, 0.25) is 5.92 Å². The molecule has 1 nitrogen and oxygen atoms in total. The standard InChI is InChI=1S/C10H19F2N/c1-8(2)4-9(3,7-13)6-10(11,12)5-8/h4-7,13H2,1-3H3. The van der Waals surface area contributed by atoms with Gasteiger partial charge in [-0.15, -0.1) is 0 Å². The summed E-state index contributed by atoms with van der Waals surface area (Å²) in [5, 5.41) is 0. The number of halogens is 2. The lowest BCUT2D eigenvalue weighted by atomic mass is 9.63. The molecule has 1 aliphatic rings. The van der Waals surface area contributed by atoms with Crippen LogP contribution in [-0.2, 0) is 0 Å². The monoisotopic (exact) mass is 191 g/mol. The van der Waals surface area contributed by atoms with Crippen molar-refractivity contribution in [3.8, 4) is 0 Å². The van der Waals surface area contributed by atoms with Crippen molar-refractivity contribution in [2.45, 2.75) is 46.0 Å². The second-order valence-electron chi connectivity index (χ2n) is 5.57. The molecule has 0 saturated heterocycles. The van der Waals surface area contributed by atoms with E-state index < -0.39 is 5.92 Å². The fraction of sp³-hybridized carbons (Fsp3) is 1.00. The molecule has 1 atom stereocenters. The predicted octanol–water partition coefficient (Wildman–Crippen LogP) is 2.80. The summed E-state index contributed by atoms with van der Waals surface area (Å²) in [7, 11) is 0. The minimum atomic E-state index is -2.53. The van der Waals surface area contributed by atoms with Gasteiger partial charge in [0.15, 0.2) is 0 Å². The van der Waals surface area contributed by atoms with Crippen LogP contribution in [0.1, 0.15) is 40.0 Å². The second-order valence-corrected chi connectivity index (χ2v) is 5.57. The van der Waals surface area contributed by atoms with Gasteiger partial charge in [-0.1, -0.05) is 20.8 Å². The fourth-order valence-electron chi connectivity index (χ4n) is 2.81. The van der Waals surface area contributed by atoms with E-state index in [1.807, 2.05) is 20.8 Å². The van der Waals surface area contributed by atoms with Crippen LogP contribution in [0.25, 0.3) is 0 Å². The average Bonchev–Trinajstić information content (AvgIpc) is 1.79. The molecule has 1 unspecified atom stereocenters. The molecule has 0 amide bonds. The van der Waals surface area contributed by atoms with Gasteiger partial charge in [0, 0.05) is 12.8 Å². The van der Waals surface area contributed by atoms with Gasteiger partial charge >= 0.3 is 0 Å². The van der Waals surface area contributed by atoms with Crippen LogP contribution >= 0.6 is 0 Å². The molecular formula is C10H19F2N. The van der Waals surface area contributed by atoms with Gasteiger partial charge in [-0.3, -0.25) is 0 Å². The third-order valence-electron chi connectivity index (χ3n) is 2.82. The van der Waals surface area contributed by atoms with E-state index in [2.05, 4.69) is 0 Å². The van der Waals surface area contributed by atoms with Crippen molar-refractivity contribution >= 4 is 0 Å². The molecular weight excluding hydrogens is 172 g/mol. The molecule has 2 N–H and O–H groups in total. The van der Waals surface area contributed by atoms with Crippen LogP contribution in [0.5, 0.6) is 0 Å². The molecule has 0 aromatic carbocycles. The lowest BCUT2D eigenvalue weighted by molar-refractivity contribution is -0.118. The SMILES string of the molecule is CC1(C)CC(F)(F)CC(C)(CN)C1. The summed E-state index contributed by atoms with van der Waals surface area (Å²) in [6.45, 7) is 6.01. The predicted molar refractivity (Wildman–Crippen MR) is 49.7 cm³/mol. The third-order valence-corrected chi connectivity index (χ3v) is 2.82. The highest BCUT2D eigenvalue weighted by Crippen LogP contribution is 2.51. The minimum absolute atomic E-state index is 0.00437. The Morgan fingerprint density at radius 3 is 2.00 bits per heavy atom. The molecule has 3 heteroatoms. The molecule has 0 heterocycles. The Hall–Kier alpha value is -0.180. The molecule has 0 radical (unpaired) electrons. The Bertz CT molecular complexity index is 183. The van der Waals surface area contributed by atoms with Crippen LogP contribution < -0.4 is 5.73 Å². The first-order valence-corrected chi connectivity index (χ1v) is 4.76. The largest absolute Gasteiger partial charge is 0.330 e. The highest BCUT2D eigenvalue weighted by molar-refractivity contribution is 4.95. The van der Waals surface area contributed by atoms with E-state index in [-0.39, 0.29) is 23.7 Å². The average molecular weight is 191 g/mol. The molecule has 0 aromatic heterocycles. The van der Waals surface area contributed by atoms with Crippen LogP contribution in [0.2, 0.25) is 0 Å². The third kappa shape index (κ3) is 2.63. The number of hydrogen-bond acceptors (Lipinski definition) is 1. The summed E-state index contributed by atoms with van der Waals surface area (Å²) >= 11 is 0. The minimum Gasteiger partial charge on any atom is -0.330 e. The second kappa shape index (κ2) is 2.91. The Morgan fingerprint density at radius 1 is 1.08 bits per heavy atom. The zero-order chi connectivity index (χ0) is 10.3. The molecule has 1 aliphatic carbocycles. The molecule has 1 rings (SSSR count). The van der Waals surface area contributed by atoms with Gasteiger partial charge in [0.05, 0.1) is 0 Å². The van der Waals surface area contributed by atoms with Gasteiger partial charge in [-0.05, 0) is 23.8 Å².